The normalized spacial score (nSPS) is 14.5. The van der Waals surface area contributed by atoms with E-state index in [1.165, 1.54) is 16.5 Å². The van der Waals surface area contributed by atoms with Gasteiger partial charge in [0.15, 0.2) is 0 Å². The number of halogens is 1. The Hall–Kier alpha value is -2.95. The second-order valence-corrected chi connectivity index (χ2v) is 11.1. The molecule has 0 spiro atoms. The highest BCUT2D eigenvalue weighted by Crippen LogP contribution is 2.28. The van der Waals surface area contributed by atoms with Gasteiger partial charge in [-0.05, 0) is 62.3 Å². The number of nitrogens with one attached hydrogen (secondary N) is 2. The van der Waals surface area contributed by atoms with Gasteiger partial charge in [0.05, 0.1) is 17.6 Å². The van der Waals surface area contributed by atoms with Crippen molar-refractivity contribution in [2.75, 3.05) is 33.7 Å². The number of likely N-dealkylation sites (tertiary alicyclic amines) is 1. The Morgan fingerprint density at radius 3 is 2.67 bits per heavy atom. The zero-order valence-electron chi connectivity index (χ0n) is 20.6. The maximum Gasteiger partial charge on any atom is 0.253 e. The van der Waals surface area contributed by atoms with Crippen LogP contribution in [0.1, 0.15) is 26.8 Å². The minimum atomic E-state index is -0.184. The van der Waals surface area contributed by atoms with Crippen LogP contribution in [0.3, 0.4) is 0 Å². The van der Waals surface area contributed by atoms with Gasteiger partial charge in [-0.3, -0.25) is 14.4 Å². The summed E-state index contributed by atoms with van der Waals surface area (Å²) in [6, 6.07) is 7.77. The Morgan fingerprint density at radius 1 is 1.28 bits per heavy atom. The highest BCUT2D eigenvalue weighted by atomic mass is 79.9. The predicted octanol–water partition coefficient (Wildman–Crippen LogP) is 3.32. The zero-order chi connectivity index (χ0) is 26.0. The Bertz CT molecular complexity index is 1310. The molecule has 2 N–H and O–H groups in total. The molecule has 0 saturated carbocycles. The SMILES string of the molecule is C=CC(=O)N1CC(NC(=O)Cn2cc(C(=O)NCC(c3sccc3C)N(C)C)c3cc(Br)ccc32)C1. The third kappa shape index (κ3) is 5.55. The fraction of sp³-hybridized carbons (Fsp3) is 0.346. The van der Waals surface area contributed by atoms with Gasteiger partial charge < -0.3 is 25.0 Å². The highest BCUT2D eigenvalue weighted by molar-refractivity contribution is 9.10. The van der Waals surface area contributed by atoms with Crippen LogP contribution in [0.4, 0.5) is 0 Å². The lowest BCUT2D eigenvalue weighted by atomic mass is 10.1. The average molecular weight is 573 g/mol. The number of carbonyl (C=O) groups is 3. The molecule has 3 aromatic rings. The first-order valence-electron chi connectivity index (χ1n) is 11.7. The Balaban J connectivity index is 1.47. The quantitative estimate of drug-likeness (QED) is 0.386. The number of benzene rings is 1. The van der Waals surface area contributed by atoms with Crippen molar-refractivity contribution in [1.82, 2.24) is 25.0 Å². The Morgan fingerprint density at radius 2 is 2.03 bits per heavy atom. The third-order valence-electron chi connectivity index (χ3n) is 6.42. The summed E-state index contributed by atoms with van der Waals surface area (Å²) in [5.74, 6) is -0.488. The number of amides is 3. The van der Waals surface area contributed by atoms with Crippen LogP contribution in [0.5, 0.6) is 0 Å². The minimum Gasteiger partial charge on any atom is -0.350 e. The molecule has 1 aliphatic rings. The van der Waals surface area contributed by atoms with E-state index in [-0.39, 0.29) is 36.3 Å². The van der Waals surface area contributed by atoms with E-state index in [1.807, 2.05) is 32.3 Å². The van der Waals surface area contributed by atoms with Gasteiger partial charge in [0.25, 0.3) is 5.91 Å². The summed E-state index contributed by atoms with van der Waals surface area (Å²) in [6.45, 7) is 7.06. The summed E-state index contributed by atoms with van der Waals surface area (Å²) in [6.07, 6.45) is 3.01. The van der Waals surface area contributed by atoms with E-state index in [0.717, 1.165) is 15.4 Å². The molecule has 1 aromatic carbocycles. The van der Waals surface area contributed by atoms with Crippen molar-refractivity contribution in [3.8, 4) is 0 Å². The smallest absolute Gasteiger partial charge is 0.253 e. The molecule has 0 radical (unpaired) electrons. The van der Waals surface area contributed by atoms with Gasteiger partial charge in [-0.25, -0.2) is 0 Å². The molecule has 1 saturated heterocycles. The summed E-state index contributed by atoms with van der Waals surface area (Å²) in [7, 11) is 4.01. The lowest BCUT2D eigenvalue weighted by Crippen LogP contribution is -2.61. The lowest BCUT2D eigenvalue weighted by Gasteiger charge is -2.38. The molecule has 1 aliphatic heterocycles. The van der Waals surface area contributed by atoms with Gasteiger partial charge >= 0.3 is 0 Å². The van der Waals surface area contributed by atoms with E-state index in [2.05, 4.69) is 56.4 Å². The molecule has 190 valence electrons. The first-order chi connectivity index (χ1) is 17.2. The summed E-state index contributed by atoms with van der Waals surface area (Å²) in [5, 5.41) is 8.90. The zero-order valence-corrected chi connectivity index (χ0v) is 23.0. The van der Waals surface area contributed by atoms with Crippen molar-refractivity contribution in [1.29, 1.82) is 0 Å². The van der Waals surface area contributed by atoms with E-state index in [9.17, 15) is 14.4 Å². The number of carbonyl (C=O) groups excluding carboxylic acids is 3. The number of thiophene rings is 1. The van der Waals surface area contributed by atoms with Crippen LogP contribution < -0.4 is 10.6 Å². The first-order valence-corrected chi connectivity index (χ1v) is 13.3. The molecule has 1 atom stereocenters. The molecular weight excluding hydrogens is 542 g/mol. The van der Waals surface area contributed by atoms with Crippen molar-refractivity contribution >= 4 is 55.9 Å². The molecule has 2 aromatic heterocycles. The molecule has 1 unspecified atom stereocenters. The monoisotopic (exact) mass is 571 g/mol. The van der Waals surface area contributed by atoms with Crippen molar-refractivity contribution in [3.05, 3.63) is 69.0 Å². The number of nitrogens with zero attached hydrogens (tertiary/aromatic N) is 3. The summed E-state index contributed by atoms with van der Waals surface area (Å²) in [4.78, 5) is 42.6. The van der Waals surface area contributed by atoms with Gasteiger partial charge in [-0.1, -0.05) is 22.5 Å². The number of aromatic nitrogens is 1. The van der Waals surface area contributed by atoms with Crippen LogP contribution in [0.2, 0.25) is 0 Å². The van der Waals surface area contributed by atoms with Crippen molar-refractivity contribution in [2.24, 2.45) is 0 Å². The third-order valence-corrected chi connectivity index (χ3v) is 8.03. The molecule has 4 rings (SSSR count). The predicted molar refractivity (Wildman–Crippen MR) is 146 cm³/mol. The largest absolute Gasteiger partial charge is 0.350 e. The maximum atomic E-state index is 13.3. The average Bonchev–Trinajstić information content (AvgIpc) is 3.38. The van der Waals surface area contributed by atoms with Crippen LogP contribution >= 0.6 is 27.3 Å². The summed E-state index contributed by atoms with van der Waals surface area (Å²) >= 11 is 5.19. The maximum absolute atomic E-state index is 13.3. The van der Waals surface area contributed by atoms with Crippen LogP contribution in [-0.2, 0) is 16.1 Å². The molecule has 0 aliphatic carbocycles. The molecule has 0 bridgehead atoms. The number of hydrogen-bond donors (Lipinski definition) is 2. The van der Waals surface area contributed by atoms with Crippen molar-refractivity contribution in [2.45, 2.75) is 25.6 Å². The van der Waals surface area contributed by atoms with Gasteiger partial charge in [0.1, 0.15) is 6.54 Å². The van der Waals surface area contributed by atoms with Gasteiger partial charge in [0, 0.05) is 46.1 Å². The van der Waals surface area contributed by atoms with Crippen molar-refractivity contribution < 1.29 is 14.4 Å². The number of likely N-dealkylation sites (N-methyl/N-ethyl adjacent to an activating group) is 1. The Labute approximate surface area is 223 Å². The fourth-order valence-corrected chi connectivity index (χ4v) is 5.89. The number of fused-ring (bicyclic) bond motifs is 1. The highest BCUT2D eigenvalue weighted by Gasteiger charge is 2.30. The molecule has 10 heteroatoms. The minimum absolute atomic E-state index is 0.0647. The van der Waals surface area contributed by atoms with Crippen LogP contribution in [-0.4, -0.2) is 71.9 Å². The van der Waals surface area contributed by atoms with Crippen molar-refractivity contribution in [3.63, 3.8) is 0 Å². The molecule has 36 heavy (non-hydrogen) atoms. The second kappa shape index (κ2) is 11.0. The molecule has 3 heterocycles. The first kappa shape index (κ1) is 26.1. The number of aryl methyl sites for hydroxylation is 1. The summed E-state index contributed by atoms with van der Waals surface area (Å²) in [5.41, 5.74) is 2.53. The van der Waals surface area contributed by atoms with Gasteiger partial charge in [0.2, 0.25) is 11.8 Å². The van der Waals surface area contributed by atoms with E-state index in [0.29, 0.717) is 25.2 Å². The van der Waals surface area contributed by atoms with Gasteiger partial charge in [-0.2, -0.15) is 0 Å². The lowest BCUT2D eigenvalue weighted by molar-refractivity contribution is -0.133. The van der Waals surface area contributed by atoms with E-state index < -0.39 is 0 Å². The topological polar surface area (TPSA) is 86.7 Å². The van der Waals surface area contributed by atoms with Crippen LogP contribution in [0.15, 0.2) is 53.0 Å². The Kier molecular flexibility index (Phi) is 7.97. The van der Waals surface area contributed by atoms with E-state index in [1.54, 1.807) is 27.0 Å². The molecule has 1 fully saturated rings. The molecule has 8 nitrogen and oxygen atoms in total. The number of rotatable bonds is 9. The van der Waals surface area contributed by atoms with Crippen LogP contribution in [0, 0.1) is 6.92 Å². The molecule has 3 amide bonds. The van der Waals surface area contributed by atoms with Crippen LogP contribution in [0.25, 0.3) is 10.9 Å². The second-order valence-electron chi connectivity index (χ2n) is 9.20. The standard InChI is InChI=1S/C26H30BrN5O3S/c1-5-24(34)32-12-18(13-32)29-23(33)15-31-14-20(19-10-17(27)6-7-21(19)31)26(35)28-11-22(30(3)4)25-16(2)8-9-36-25/h5-10,14,18,22H,1,11-13,15H2,2-4H3,(H,28,35)(H,29,33). The van der Waals surface area contributed by atoms with Gasteiger partial charge in [-0.15, -0.1) is 11.3 Å². The summed E-state index contributed by atoms with van der Waals surface area (Å²) < 4.78 is 2.65. The van der Waals surface area contributed by atoms with E-state index in [4.69, 9.17) is 0 Å². The number of hydrogen-bond acceptors (Lipinski definition) is 5. The van der Waals surface area contributed by atoms with E-state index >= 15 is 0 Å². The fourth-order valence-electron chi connectivity index (χ4n) is 4.41. The molecular formula is C26H30BrN5O3S.